The molecule has 1 aromatic rings. The summed E-state index contributed by atoms with van der Waals surface area (Å²) in [6.07, 6.45) is 0.0894. The molecule has 0 bridgehead atoms. The van der Waals surface area contributed by atoms with Crippen LogP contribution < -0.4 is 10.6 Å². The highest BCUT2D eigenvalue weighted by Gasteiger charge is 2.18. The molecule has 0 saturated heterocycles. The standard InChI is InChI=1S/C13H16N2O5S/c14-11(17)8-21-6-5-12(18)15(7-13(19)20)9-1-3-10(16)4-2-9/h1-4,16H,5-8H2,(H2,14,17)(H,19,20). The number of carbonyl (C=O) groups excluding carboxylic acids is 2. The van der Waals surface area contributed by atoms with Crippen molar-refractivity contribution in [2.75, 3.05) is 23.0 Å². The van der Waals surface area contributed by atoms with E-state index < -0.39 is 18.4 Å². The van der Waals surface area contributed by atoms with Gasteiger partial charge in [0.15, 0.2) is 0 Å². The van der Waals surface area contributed by atoms with E-state index in [1.165, 1.54) is 36.0 Å². The highest BCUT2D eigenvalue weighted by Crippen LogP contribution is 2.19. The summed E-state index contributed by atoms with van der Waals surface area (Å²) in [5, 5.41) is 18.1. The van der Waals surface area contributed by atoms with Crippen molar-refractivity contribution in [1.29, 1.82) is 0 Å². The van der Waals surface area contributed by atoms with Gasteiger partial charge in [-0.1, -0.05) is 0 Å². The molecule has 21 heavy (non-hydrogen) atoms. The number of nitrogens with two attached hydrogens (primary N) is 1. The van der Waals surface area contributed by atoms with E-state index in [0.717, 1.165) is 4.90 Å². The zero-order chi connectivity index (χ0) is 15.8. The van der Waals surface area contributed by atoms with Gasteiger partial charge < -0.3 is 20.8 Å². The van der Waals surface area contributed by atoms with Gasteiger partial charge in [0, 0.05) is 17.9 Å². The van der Waals surface area contributed by atoms with Crippen LogP contribution in [0.5, 0.6) is 5.75 Å². The fourth-order valence-electron chi connectivity index (χ4n) is 1.56. The Labute approximate surface area is 125 Å². The number of rotatable bonds is 8. The molecule has 0 aliphatic carbocycles. The molecule has 8 heteroatoms. The molecule has 0 saturated carbocycles. The molecule has 0 unspecified atom stereocenters. The van der Waals surface area contributed by atoms with Crippen LogP contribution in [-0.4, -0.2) is 46.0 Å². The van der Waals surface area contributed by atoms with Gasteiger partial charge in [-0.05, 0) is 24.3 Å². The van der Waals surface area contributed by atoms with Gasteiger partial charge in [0.25, 0.3) is 0 Å². The summed E-state index contributed by atoms with van der Waals surface area (Å²) in [5.41, 5.74) is 5.37. The minimum absolute atomic E-state index is 0.0264. The Balaban J connectivity index is 2.68. The van der Waals surface area contributed by atoms with E-state index in [9.17, 15) is 19.5 Å². The second-order valence-electron chi connectivity index (χ2n) is 4.16. The van der Waals surface area contributed by atoms with E-state index in [2.05, 4.69) is 0 Å². The second kappa shape index (κ2) is 8.15. The molecule has 1 aromatic carbocycles. The lowest BCUT2D eigenvalue weighted by Gasteiger charge is -2.20. The first kappa shape index (κ1) is 16.8. The number of anilines is 1. The fourth-order valence-corrected chi connectivity index (χ4v) is 2.22. The van der Waals surface area contributed by atoms with E-state index in [1.807, 2.05) is 0 Å². The van der Waals surface area contributed by atoms with Crippen molar-refractivity contribution in [3.8, 4) is 5.75 Å². The lowest BCUT2D eigenvalue weighted by atomic mass is 10.2. The number of hydrogen-bond acceptors (Lipinski definition) is 5. The molecule has 2 amide bonds. The Kier molecular flexibility index (Phi) is 6.54. The minimum atomic E-state index is -1.14. The number of amides is 2. The zero-order valence-corrected chi connectivity index (χ0v) is 12.0. The van der Waals surface area contributed by atoms with Crippen LogP contribution in [0.2, 0.25) is 0 Å². The van der Waals surface area contributed by atoms with Crippen LogP contribution in [-0.2, 0) is 14.4 Å². The topological polar surface area (TPSA) is 121 Å². The average Bonchev–Trinajstić information content (AvgIpc) is 2.41. The van der Waals surface area contributed by atoms with Crippen LogP contribution >= 0.6 is 11.8 Å². The minimum Gasteiger partial charge on any atom is -0.508 e. The number of hydrogen-bond donors (Lipinski definition) is 3. The number of benzene rings is 1. The number of carboxylic acid groups (broad SMARTS) is 1. The van der Waals surface area contributed by atoms with E-state index in [4.69, 9.17) is 10.8 Å². The largest absolute Gasteiger partial charge is 0.508 e. The summed E-state index contributed by atoms with van der Waals surface area (Å²) in [6, 6.07) is 5.68. The van der Waals surface area contributed by atoms with Gasteiger partial charge >= 0.3 is 5.97 Å². The third kappa shape index (κ3) is 6.17. The third-order valence-electron chi connectivity index (χ3n) is 2.46. The maximum Gasteiger partial charge on any atom is 0.323 e. The van der Waals surface area contributed by atoms with Gasteiger partial charge in [0.2, 0.25) is 11.8 Å². The summed E-state index contributed by atoms with van der Waals surface area (Å²) in [7, 11) is 0. The first-order valence-electron chi connectivity index (χ1n) is 6.07. The van der Waals surface area contributed by atoms with Gasteiger partial charge in [-0.25, -0.2) is 0 Å². The van der Waals surface area contributed by atoms with Crippen LogP contribution in [0.3, 0.4) is 0 Å². The molecule has 1 rings (SSSR count). The van der Waals surface area contributed by atoms with Crippen LogP contribution in [0.15, 0.2) is 24.3 Å². The van der Waals surface area contributed by atoms with E-state index in [-0.39, 0.29) is 23.8 Å². The number of nitrogens with zero attached hydrogens (tertiary/aromatic N) is 1. The first-order chi connectivity index (χ1) is 9.90. The average molecular weight is 312 g/mol. The van der Waals surface area contributed by atoms with Crippen molar-refractivity contribution in [1.82, 2.24) is 0 Å². The van der Waals surface area contributed by atoms with Crippen molar-refractivity contribution in [3.63, 3.8) is 0 Å². The van der Waals surface area contributed by atoms with Crippen LogP contribution in [0.1, 0.15) is 6.42 Å². The Morgan fingerprint density at radius 2 is 1.81 bits per heavy atom. The Hall–Kier alpha value is -2.22. The number of thioether (sulfide) groups is 1. The van der Waals surface area contributed by atoms with Crippen molar-refractivity contribution < 1.29 is 24.6 Å². The normalized spacial score (nSPS) is 10.1. The van der Waals surface area contributed by atoms with Gasteiger partial charge in [0.05, 0.1) is 5.75 Å². The number of phenols is 1. The number of carboxylic acids is 1. The van der Waals surface area contributed by atoms with Crippen LogP contribution in [0.25, 0.3) is 0 Å². The summed E-state index contributed by atoms with van der Waals surface area (Å²) in [4.78, 5) is 34.6. The number of aromatic hydroxyl groups is 1. The van der Waals surface area contributed by atoms with Gasteiger partial charge in [-0.15, -0.1) is 0 Å². The van der Waals surface area contributed by atoms with E-state index in [0.29, 0.717) is 11.4 Å². The summed E-state index contributed by atoms with van der Waals surface area (Å²) >= 11 is 1.21. The van der Waals surface area contributed by atoms with Gasteiger partial charge in [0.1, 0.15) is 12.3 Å². The molecule has 0 radical (unpaired) electrons. The first-order valence-corrected chi connectivity index (χ1v) is 7.23. The summed E-state index contributed by atoms with van der Waals surface area (Å²) in [6.45, 7) is -0.468. The van der Waals surface area contributed by atoms with Gasteiger partial charge in [-0.3, -0.25) is 14.4 Å². The Morgan fingerprint density at radius 1 is 1.19 bits per heavy atom. The summed E-state index contributed by atoms with van der Waals surface area (Å²) < 4.78 is 0. The quantitative estimate of drug-likeness (QED) is 0.598. The molecule has 0 heterocycles. The number of primary amides is 1. The second-order valence-corrected chi connectivity index (χ2v) is 5.26. The predicted molar refractivity (Wildman–Crippen MR) is 79.2 cm³/mol. The molecule has 4 N–H and O–H groups in total. The number of phenolic OH excluding ortho intramolecular Hbond substituents is 1. The summed E-state index contributed by atoms with van der Waals surface area (Å²) in [5.74, 6) is -1.46. The molecular weight excluding hydrogens is 296 g/mol. The van der Waals surface area contributed by atoms with Crippen molar-refractivity contribution in [3.05, 3.63) is 24.3 Å². The van der Waals surface area contributed by atoms with Crippen molar-refractivity contribution >= 4 is 35.2 Å². The highest BCUT2D eigenvalue weighted by molar-refractivity contribution is 7.99. The molecular formula is C13H16N2O5S. The maximum absolute atomic E-state index is 12.1. The molecule has 0 atom stereocenters. The predicted octanol–water partition coefficient (Wildman–Crippen LogP) is 0.418. The molecule has 0 aromatic heterocycles. The van der Waals surface area contributed by atoms with Crippen LogP contribution in [0.4, 0.5) is 5.69 Å². The van der Waals surface area contributed by atoms with Gasteiger partial charge in [-0.2, -0.15) is 11.8 Å². The highest BCUT2D eigenvalue weighted by atomic mass is 32.2. The Morgan fingerprint density at radius 3 is 2.33 bits per heavy atom. The third-order valence-corrected chi connectivity index (χ3v) is 3.44. The molecule has 7 nitrogen and oxygen atoms in total. The van der Waals surface area contributed by atoms with Crippen LogP contribution in [0, 0.1) is 0 Å². The molecule has 0 spiro atoms. The lowest BCUT2D eigenvalue weighted by molar-refractivity contribution is -0.136. The molecule has 0 aliphatic rings. The van der Waals surface area contributed by atoms with E-state index in [1.54, 1.807) is 0 Å². The van der Waals surface area contributed by atoms with E-state index >= 15 is 0 Å². The monoisotopic (exact) mass is 312 g/mol. The SMILES string of the molecule is NC(=O)CSCCC(=O)N(CC(=O)O)c1ccc(O)cc1. The Bertz CT molecular complexity index is 518. The number of carbonyl (C=O) groups is 3. The smallest absolute Gasteiger partial charge is 0.323 e. The van der Waals surface area contributed by atoms with Crippen molar-refractivity contribution in [2.24, 2.45) is 5.73 Å². The lowest BCUT2D eigenvalue weighted by Crippen LogP contribution is -2.35. The number of aliphatic carboxylic acids is 1. The fraction of sp³-hybridized carbons (Fsp3) is 0.308. The maximum atomic E-state index is 12.1. The molecule has 114 valence electrons. The molecule has 0 aliphatic heterocycles. The zero-order valence-electron chi connectivity index (χ0n) is 11.2. The molecule has 0 fully saturated rings. The van der Waals surface area contributed by atoms with Crippen molar-refractivity contribution in [2.45, 2.75) is 6.42 Å².